The predicted molar refractivity (Wildman–Crippen MR) is 126 cm³/mol. The monoisotopic (exact) mass is 457 g/mol. The minimum atomic E-state index is -3.58. The van der Waals surface area contributed by atoms with Crippen LogP contribution in [0.15, 0.2) is 71.1 Å². The topological polar surface area (TPSA) is 71.7 Å². The van der Waals surface area contributed by atoms with Crippen LogP contribution in [-0.2, 0) is 16.6 Å². The number of carbonyl (C=O) groups excluding carboxylic acids is 1. The molecule has 1 heterocycles. The molecule has 8 heteroatoms. The van der Waals surface area contributed by atoms with Gasteiger partial charge in [0.2, 0.25) is 10.0 Å². The van der Waals surface area contributed by atoms with Gasteiger partial charge in [-0.15, -0.1) is 6.58 Å². The van der Waals surface area contributed by atoms with Crippen molar-refractivity contribution >= 4 is 37.5 Å². The number of nitrogens with zero attached hydrogens (tertiary/aromatic N) is 3. The first-order valence-corrected chi connectivity index (χ1v) is 12.6. The highest BCUT2D eigenvalue weighted by molar-refractivity contribution is 7.89. The zero-order valence-electron chi connectivity index (χ0n) is 17.8. The third-order valence-corrected chi connectivity index (χ3v) is 8.00. The highest BCUT2D eigenvalue weighted by atomic mass is 32.2. The van der Waals surface area contributed by atoms with E-state index in [0.29, 0.717) is 30.0 Å². The molecule has 164 valence electrons. The van der Waals surface area contributed by atoms with Gasteiger partial charge in [-0.2, -0.15) is 9.30 Å². The van der Waals surface area contributed by atoms with Gasteiger partial charge in [-0.05, 0) is 42.8 Å². The summed E-state index contributed by atoms with van der Waals surface area (Å²) in [6.45, 7) is 9.08. The molecule has 3 rings (SSSR count). The van der Waals surface area contributed by atoms with E-state index < -0.39 is 15.9 Å². The molecule has 0 atom stereocenters. The maximum atomic E-state index is 12.9. The number of unbranched alkanes of at least 4 members (excludes halogenated alkanes) is 1. The molecule has 2 aromatic carbocycles. The van der Waals surface area contributed by atoms with Crippen LogP contribution in [0.4, 0.5) is 0 Å². The molecule has 1 amide bonds. The summed E-state index contributed by atoms with van der Waals surface area (Å²) in [6.07, 6.45) is 3.49. The number of rotatable bonds is 9. The summed E-state index contributed by atoms with van der Waals surface area (Å²) in [5.74, 6) is -0.411. The van der Waals surface area contributed by atoms with Crippen molar-refractivity contribution in [2.24, 2.45) is 4.99 Å². The second-order valence-corrected chi connectivity index (χ2v) is 9.99. The normalized spacial score (nSPS) is 12.5. The van der Waals surface area contributed by atoms with Gasteiger partial charge >= 0.3 is 0 Å². The van der Waals surface area contributed by atoms with E-state index in [1.165, 1.54) is 39.9 Å². The summed E-state index contributed by atoms with van der Waals surface area (Å²) in [5, 5.41) is 0. The molecule has 0 saturated heterocycles. The molecule has 0 fully saturated rings. The fourth-order valence-electron chi connectivity index (χ4n) is 3.26. The highest BCUT2D eigenvalue weighted by Gasteiger charge is 2.22. The first-order valence-electron chi connectivity index (χ1n) is 10.3. The maximum Gasteiger partial charge on any atom is 0.279 e. The molecular weight excluding hydrogens is 430 g/mol. The van der Waals surface area contributed by atoms with Crippen molar-refractivity contribution in [3.05, 3.63) is 71.6 Å². The average Bonchev–Trinajstić information content (AvgIpc) is 3.11. The fourth-order valence-corrected chi connectivity index (χ4v) is 5.79. The van der Waals surface area contributed by atoms with Crippen LogP contribution in [0.2, 0.25) is 0 Å². The summed E-state index contributed by atoms with van der Waals surface area (Å²) < 4.78 is 30.2. The Labute approximate surface area is 187 Å². The van der Waals surface area contributed by atoms with Gasteiger partial charge in [-0.3, -0.25) is 4.79 Å². The number of para-hydroxylation sites is 1. The number of allylic oxidation sites excluding steroid dienone is 1. The Kier molecular flexibility index (Phi) is 7.59. The lowest BCUT2D eigenvalue weighted by molar-refractivity contribution is 0.0997. The lowest BCUT2D eigenvalue weighted by Gasteiger charge is -2.20. The van der Waals surface area contributed by atoms with Gasteiger partial charge < -0.3 is 4.57 Å². The minimum absolute atomic E-state index is 0.186. The van der Waals surface area contributed by atoms with E-state index in [1.807, 2.05) is 42.7 Å². The van der Waals surface area contributed by atoms with Crippen LogP contribution < -0.4 is 4.80 Å². The molecule has 31 heavy (non-hydrogen) atoms. The van der Waals surface area contributed by atoms with Crippen LogP contribution >= 0.6 is 11.3 Å². The third-order valence-electron chi connectivity index (χ3n) is 4.95. The van der Waals surface area contributed by atoms with Crippen molar-refractivity contribution in [2.45, 2.75) is 38.1 Å². The third kappa shape index (κ3) is 5.03. The lowest BCUT2D eigenvalue weighted by Crippen LogP contribution is -2.31. The largest absolute Gasteiger partial charge is 0.312 e. The van der Waals surface area contributed by atoms with E-state index >= 15 is 0 Å². The Morgan fingerprint density at radius 3 is 2.52 bits per heavy atom. The van der Waals surface area contributed by atoms with Crippen molar-refractivity contribution in [3.8, 4) is 0 Å². The summed E-state index contributed by atoms with van der Waals surface area (Å²) in [4.78, 5) is 17.9. The summed E-state index contributed by atoms with van der Waals surface area (Å²) >= 11 is 1.43. The van der Waals surface area contributed by atoms with Crippen molar-refractivity contribution in [2.75, 3.05) is 13.1 Å². The predicted octanol–water partition coefficient (Wildman–Crippen LogP) is 4.44. The van der Waals surface area contributed by atoms with E-state index in [4.69, 9.17) is 0 Å². The van der Waals surface area contributed by atoms with Gasteiger partial charge in [0.25, 0.3) is 5.91 Å². The lowest BCUT2D eigenvalue weighted by atomic mass is 10.2. The van der Waals surface area contributed by atoms with Crippen LogP contribution in [-0.4, -0.2) is 36.3 Å². The molecule has 6 nitrogen and oxygen atoms in total. The molecule has 0 unspecified atom stereocenters. The van der Waals surface area contributed by atoms with Crippen LogP contribution in [0.3, 0.4) is 0 Å². The molecule has 3 aromatic rings. The van der Waals surface area contributed by atoms with Crippen LogP contribution in [0.1, 0.15) is 37.0 Å². The SMILES string of the molecule is C=CCn1c(=NC(=O)c2ccc(S(=O)(=O)N(CC)CCCC)cc2)sc2ccccc21. The number of fused-ring (bicyclic) bond motifs is 1. The number of amides is 1. The molecule has 0 N–H and O–H groups in total. The zero-order valence-corrected chi connectivity index (χ0v) is 19.5. The van der Waals surface area contributed by atoms with E-state index in [9.17, 15) is 13.2 Å². The average molecular weight is 458 g/mol. The molecule has 0 radical (unpaired) electrons. The zero-order chi connectivity index (χ0) is 22.4. The number of thiazole rings is 1. The van der Waals surface area contributed by atoms with Gasteiger partial charge in [0.15, 0.2) is 4.80 Å². The van der Waals surface area contributed by atoms with Gasteiger partial charge in [0.05, 0.1) is 15.1 Å². The van der Waals surface area contributed by atoms with Crippen LogP contribution in [0.25, 0.3) is 10.2 Å². The van der Waals surface area contributed by atoms with Crippen LogP contribution in [0, 0.1) is 0 Å². The summed E-state index contributed by atoms with van der Waals surface area (Å²) in [7, 11) is -3.58. The molecule has 1 aromatic heterocycles. The van der Waals surface area contributed by atoms with Gasteiger partial charge in [-0.25, -0.2) is 8.42 Å². The Hall–Kier alpha value is -2.55. The number of sulfonamides is 1. The molecule has 0 spiro atoms. The number of benzene rings is 2. The van der Waals surface area contributed by atoms with E-state index in [0.717, 1.165) is 23.1 Å². The fraction of sp³-hybridized carbons (Fsp3) is 0.304. The standard InChI is InChI=1S/C23H27N3O3S2/c1-4-7-17-25(6-3)31(28,29)19-14-12-18(13-15-19)22(27)24-23-26(16-5-2)20-10-8-9-11-21(20)30-23/h5,8-15H,2,4,6-7,16-17H2,1,3H3. The van der Waals surface area contributed by atoms with Crippen LogP contribution in [0.5, 0.6) is 0 Å². The van der Waals surface area contributed by atoms with E-state index in [1.54, 1.807) is 6.08 Å². The molecule has 0 aliphatic carbocycles. The van der Waals surface area contributed by atoms with Gasteiger partial charge in [0.1, 0.15) is 0 Å². The number of hydrogen-bond donors (Lipinski definition) is 0. The number of hydrogen-bond acceptors (Lipinski definition) is 4. The summed E-state index contributed by atoms with van der Waals surface area (Å²) in [5.41, 5.74) is 1.34. The highest BCUT2D eigenvalue weighted by Crippen LogP contribution is 2.19. The van der Waals surface area contributed by atoms with Gasteiger partial charge in [0, 0.05) is 25.2 Å². The maximum absolute atomic E-state index is 12.9. The minimum Gasteiger partial charge on any atom is -0.312 e. The smallest absolute Gasteiger partial charge is 0.279 e. The van der Waals surface area contributed by atoms with E-state index in [2.05, 4.69) is 11.6 Å². The van der Waals surface area contributed by atoms with Gasteiger partial charge in [-0.1, -0.05) is 49.8 Å². The Morgan fingerprint density at radius 1 is 1.16 bits per heavy atom. The Balaban J connectivity index is 1.92. The molecular formula is C23H27N3O3S2. The second-order valence-electron chi connectivity index (χ2n) is 7.04. The molecule has 0 aliphatic rings. The molecule has 0 saturated carbocycles. The van der Waals surface area contributed by atoms with Crippen molar-refractivity contribution in [1.82, 2.24) is 8.87 Å². The number of aromatic nitrogens is 1. The first kappa shape index (κ1) is 23.1. The molecule has 0 aliphatic heterocycles. The van der Waals surface area contributed by atoms with E-state index in [-0.39, 0.29) is 4.90 Å². The Morgan fingerprint density at radius 2 is 1.87 bits per heavy atom. The summed E-state index contributed by atoms with van der Waals surface area (Å²) in [6, 6.07) is 13.9. The Bertz CT molecular complexity index is 1240. The number of carbonyl (C=O) groups is 1. The second kappa shape index (κ2) is 10.2. The van der Waals surface area contributed by atoms with Crippen molar-refractivity contribution in [1.29, 1.82) is 0 Å². The van der Waals surface area contributed by atoms with Crippen molar-refractivity contribution < 1.29 is 13.2 Å². The quantitative estimate of drug-likeness (QED) is 0.446. The first-order chi connectivity index (χ1) is 14.9. The van der Waals surface area contributed by atoms with Crippen molar-refractivity contribution in [3.63, 3.8) is 0 Å². The molecule has 0 bridgehead atoms.